The fraction of sp³-hybridized carbons (Fsp3) is 0.333. The van der Waals surface area contributed by atoms with Crippen LogP contribution in [0.4, 0.5) is 10.2 Å². The molecule has 54 valence electrons. The minimum Gasteiger partial charge on any atom is -0.367 e. The molecule has 0 fully saturated rings. The van der Waals surface area contributed by atoms with E-state index in [2.05, 4.69) is 15.3 Å². The summed E-state index contributed by atoms with van der Waals surface area (Å²) in [5.74, 6) is -0.339. The Morgan fingerprint density at radius 2 is 2.20 bits per heavy atom. The first-order valence-electron chi connectivity index (χ1n) is 3.05. The Kier molecular flexibility index (Phi) is 2.15. The SMILES string of the molecule is CCNc1nccnc1F. The zero-order valence-corrected chi connectivity index (χ0v) is 5.63. The van der Waals surface area contributed by atoms with Gasteiger partial charge in [-0.3, -0.25) is 0 Å². The molecule has 0 amide bonds. The third-order valence-corrected chi connectivity index (χ3v) is 0.998. The normalized spacial score (nSPS) is 9.40. The highest BCUT2D eigenvalue weighted by molar-refractivity contribution is 5.31. The Balaban J connectivity index is 2.81. The van der Waals surface area contributed by atoms with Crippen molar-refractivity contribution in [2.45, 2.75) is 6.92 Å². The number of nitrogens with one attached hydrogen (secondary N) is 1. The van der Waals surface area contributed by atoms with Gasteiger partial charge in [0.2, 0.25) is 0 Å². The van der Waals surface area contributed by atoms with Gasteiger partial charge in [0, 0.05) is 18.9 Å². The smallest absolute Gasteiger partial charge is 0.255 e. The topological polar surface area (TPSA) is 37.8 Å². The maximum Gasteiger partial charge on any atom is 0.255 e. The van der Waals surface area contributed by atoms with E-state index in [-0.39, 0.29) is 5.82 Å². The van der Waals surface area contributed by atoms with E-state index in [9.17, 15) is 4.39 Å². The van der Waals surface area contributed by atoms with Crippen LogP contribution < -0.4 is 5.32 Å². The molecule has 0 saturated carbocycles. The largest absolute Gasteiger partial charge is 0.367 e. The summed E-state index contributed by atoms with van der Waals surface area (Å²) in [6, 6.07) is 0. The van der Waals surface area contributed by atoms with E-state index in [4.69, 9.17) is 0 Å². The summed E-state index contributed by atoms with van der Waals surface area (Å²) in [5, 5.41) is 2.73. The predicted octanol–water partition coefficient (Wildman–Crippen LogP) is 1.05. The molecule has 0 radical (unpaired) electrons. The average molecular weight is 141 g/mol. The molecule has 0 aliphatic carbocycles. The monoisotopic (exact) mass is 141 g/mol. The third kappa shape index (κ3) is 1.40. The molecule has 4 heteroatoms. The first kappa shape index (κ1) is 6.92. The van der Waals surface area contributed by atoms with Crippen LogP contribution in [0.1, 0.15) is 6.92 Å². The molecule has 1 aromatic rings. The molecule has 0 bridgehead atoms. The van der Waals surface area contributed by atoms with E-state index in [0.717, 1.165) is 0 Å². The van der Waals surface area contributed by atoms with Gasteiger partial charge in [-0.05, 0) is 6.92 Å². The molecule has 0 atom stereocenters. The molecule has 1 rings (SSSR count). The van der Waals surface area contributed by atoms with Gasteiger partial charge in [0.1, 0.15) is 0 Å². The zero-order valence-electron chi connectivity index (χ0n) is 5.63. The van der Waals surface area contributed by atoms with Crippen LogP contribution in [0.5, 0.6) is 0 Å². The van der Waals surface area contributed by atoms with Crippen molar-refractivity contribution in [3.63, 3.8) is 0 Å². The lowest BCUT2D eigenvalue weighted by Gasteiger charge is -1.99. The fourth-order valence-electron chi connectivity index (χ4n) is 0.607. The number of halogens is 1. The molecule has 1 heterocycles. The Labute approximate surface area is 58.3 Å². The maximum atomic E-state index is 12.5. The van der Waals surface area contributed by atoms with E-state index >= 15 is 0 Å². The summed E-state index contributed by atoms with van der Waals surface area (Å²) in [4.78, 5) is 7.13. The summed E-state index contributed by atoms with van der Waals surface area (Å²) >= 11 is 0. The lowest BCUT2D eigenvalue weighted by molar-refractivity contribution is 0.580. The van der Waals surface area contributed by atoms with E-state index in [0.29, 0.717) is 6.54 Å². The van der Waals surface area contributed by atoms with Gasteiger partial charge in [0.25, 0.3) is 5.95 Å². The van der Waals surface area contributed by atoms with Gasteiger partial charge in [0.15, 0.2) is 5.82 Å². The van der Waals surface area contributed by atoms with Crippen molar-refractivity contribution >= 4 is 5.82 Å². The molecule has 1 N–H and O–H groups in total. The summed E-state index contributed by atoms with van der Waals surface area (Å²) < 4.78 is 12.5. The van der Waals surface area contributed by atoms with Gasteiger partial charge < -0.3 is 5.32 Å². The second-order valence-corrected chi connectivity index (χ2v) is 1.73. The molecule has 0 spiro atoms. The maximum absolute atomic E-state index is 12.5. The highest BCUT2D eigenvalue weighted by Crippen LogP contribution is 2.03. The lowest BCUT2D eigenvalue weighted by atomic mass is 10.6. The van der Waals surface area contributed by atoms with Crippen molar-refractivity contribution in [1.29, 1.82) is 0 Å². The van der Waals surface area contributed by atoms with Crippen LogP contribution in [-0.4, -0.2) is 16.5 Å². The van der Waals surface area contributed by atoms with Crippen molar-refractivity contribution in [1.82, 2.24) is 9.97 Å². The molecule has 1 aromatic heterocycles. The molecule has 0 saturated heterocycles. The van der Waals surface area contributed by atoms with Gasteiger partial charge >= 0.3 is 0 Å². The Morgan fingerprint density at radius 1 is 1.50 bits per heavy atom. The number of aromatic nitrogens is 2. The first-order chi connectivity index (χ1) is 4.84. The molecule has 3 nitrogen and oxygen atoms in total. The Bertz CT molecular complexity index is 214. The van der Waals surface area contributed by atoms with Crippen LogP contribution in [-0.2, 0) is 0 Å². The molecular formula is C6H8FN3. The molecule has 0 aromatic carbocycles. The number of rotatable bonds is 2. The van der Waals surface area contributed by atoms with Crippen molar-refractivity contribution < 1.29 is 4.39 Å². The van der Waals surface area contributed by atoms with Crippen LogP contribution in [0.15, 0.2) is 12.4 Å². The summed E-state index contributed by atoms with van der Waals surface area (Å²) in [6.45, 7) is 2.52. The molecule has 0 aliphatic rings. The van der Waals surface area contributed by atoms with Crippen LogP contribution in [0, 0.1) is 5.95 Å². The molecule has 0 unspecified atom stereocenters. The van der Waals surface area contributed by atoms with Gasteiger partial charge in [-0.15, -0.1) is 0 Å². The lowest BCUT2D eigenvalue weighted by Crippen LogP contribution is -2.02. The standard InChI is InChI=1S/C6H8FN3/c1-2-8-6-5(7)9-3-4-10-6/h3-4H,2H2,1H3,(H,8,10). The molecule has 10 heavy (non-hydrogen) atoms. The second kappa shape index (κ2) is 3.10. The number of hydrogen-bond donors (Lipinski definition) is 1. The van der Waals surface area contributed by atoms with Crippen LogP contribution in [0.2, 0.25) is 0 Å². The van der Waals surface area contributed by atoms with Gasteiger partial charge in [-0.25, -0.2) is 9.97 Å². The first-order valence-corrected chi connectivity index (χ1v) is 3.05. The predicted molar refractivity (Wildman–Crippen MR) is 36.2 cm³/mol. The third-order valence-electron chi connectivity index (χ3n) is 0.998. The molecular weight excluding hydrogens is 133 g/mol. The van der Waals surface area contributed by atoms with Crippen LogP contribution >= 0.6 is 0 Å². The van der Waals surface area contributed by atoms with Gasteiger partial charge in [-0.1, -0.05) is 0 Å². The highest BCUT2D eigenvalue weighted by atomic mass is 19.1. The number of anilines is 1. The number of hydrogen-bond acceptors (Lipinski definition) is 3. The second-order valence-electron chi connectivity index (χ2n) is 1.73. The van der Waals surface area contributed by atoms with Crippen molar-refractivity contribution in [2.24, 2.45) is 0 Å². The minimum absolute atomic E-state index is 0.213. The van der Waals surface area contributed by atoms with Gasteiger partial charge in [0.05, 0.1) is 0 Å². The Morgan fingerprint density at radius 3 is 2.80 bits per heavy atom. The quantitative estimate of drug-likeness (QED) is 0.668. The average Bonchev–Trinajstić information content (AvgIpc) is 1.94. The van der Waals surface area contributed by atoms with E-state index in [1.54, 1.807) is 0 Å². The highest BCUT2D eigenvalue weighted by Gasteiger charge is 1.99. The van der Waals surface area contributed by atoms with Crippen molar-refractivity contribution in [3.05, 3.63) is 18.3 Å². The zero-order chi connectivity index (χ0) is 7.40. The summed E-state index contributed by atoms with van der Waals surface area (Å²) in [6.07, 6.45) is 2.76. The van der Waals surface area contributed by atoms with Crippen molar-refractivity contribution in [3.8, 4) is 0 Å². The molecule has 0 aliphatic heterocycles. The minimum atomic E-state index is -0.552. The Hall–Kier alpha value is -1.19. The van der Waals surface area contributed by atoms with Gasteiger partial charge in [-0.2, -0.15) is 4.39 Å². The van der Waals surface area contributed by atoms with Crippen LogP contribution in [0.25, 0.3) is 0 Å². The van der Waals surface area contributed by atoms with E-state index < -0.39 is 5.95 Å². The number of nitrogens with zero attached hydrogens (tertiary/aromatic N) is 2. The summed E-state index contributed by atoms with van der Waals surface area (Å²) in [5.41, 5.74) is 0. The van der Waals surface area contributed by atoms with E-state index in [1.165, 1.54) is 12.4 Å². The summed E-state index contributed by atoms with van der Waals surface area (Å²) in [7, 11) is 0. The fourth-order valence-corrected chi connectivity index (χ4v) is 0.607. The van der Waals surface area contributed by atoms with Crippen molar-refractivity contribution in [2.75, 3.05) is 11.9 Å². The van der Waals surface area contributed by atoms with E-state index in [1.807, 2.05) is 6.92 Å². The van der Waals surface area contributed by atoms with Crippen LogP contribution in [0.3, 0.4) is 0 Å².